The van der Waals surface area contributed by atoms with Crippen molar-refractivity contribution >= 4 is 0 Å². The largest absolute Gasteiger partial charge is 0.314 e. The van der Waals surface area contributed by atoms with Gasteiger partial charge in [-0.05, 0) is 37.3 Å². The zero-order chi connectivity index (χ0) is 14.6. The summed E-state index contributed by atoms with van der Waals surface area (Å²) in [5.41, 5.74) is 1.45. The van der Waals surface area contributed by atoms with Crippen molar-refractivity contribution in [3.05, 3.63) is 35.9 Å². The Morgan fingerprint density at radius 3 is 2.30 bits per heavy atom. The minimum Gasteiger partial charge on any atom is -0.314 e. The van der Waals surface area contributed by atoms with Crippen LogP contribution in [0.4, 0.5) is 0 Å². The molecular weight excluding hydrogens is 242 g/mol. The maximum absolute atomic E-state index is 3.72. The maximum Gasteiger partial charge on any atom is 0.0105 e. The number of unbranched alkanes of at least 4 members (excludes halogenated alkanes) is 3. The van der Waals surface area contributed by atoms with Gasteiger partial charge < -0.3 is 5.32 Å². The van der Waals surface area contributed by atoms with Crippen molar-refractivity contribution in [2.75, 3.05) is 6.54 Å². The van der Waals surface area contributed by atoms with E-state index >= 15 is 0 Å². The molecule has 0 bridgehead atoms. The molecule has 0 heterocycles. The standard InChI is InChI=1S/C19H33N/c1-4-19(16-18-13-9-7-10-14-18)20-15-11-6-5-8-12-17(2)3/h7,9-10,13-14,17,19-20H,4-6,8,11-12,15-16H2,1-3H3. The second-order valence-corrected chi connectivity index (χ2v) is 6.35. The van der Waals surface area contributed by atoms with Crippen LogP contribution in [0.2, 0.25) is 0 Å². The fraction of sp³-hybridized carbons (Fsp3) is 0.684. The molecule has 0 fully saturated rings. The fourth-order valence-corrected chi connectivity index (χ4v) is 2.60. The van der Waals surface area contributed by atoms with E-state index in [1.54, 1.807) is 0 Å². The molecule has 0 amide bonds. The van der Waals surface area contributed by atoms with Crippen LogP contribution >= 0.6 is 0 Å². The van der Waals surface area contributed by atoms with Gasteiger partial charge in [-0.2, -0.15) is 0 Å². The Bertz CT molecular complexity index is 318. The zero-order valence-corrected chi connectivity index (χ0v) is 13.7. The highest BCUT2D eigenvalue weighted by molar-refractivity contribution is 5.15. The van der Waals surface area contributed by atoms with Gasteiger partial charge in [0, 0.05) is 6.04 Å². The Hall–Kier alpha value is -0.820. The fourth-order valence-electron chi connectivity index (χ4n) is 2.60. The van der Waals surface area contributed by atoms with E-state index in [4.69, 9.17) is 0 Å². The summed E-state index contributed by atoms with van der Waals surface area (Å²) in [4.78, 5) is 0. The van der Waals surface area contributed by atoms with Crippen LogP contribution in [0.25, 0.3) is 0 Å². The van der Waals surface area contributed by atoms with Gasteiger partial charge in [-0.1, -0.05) is 76.8 Å². The Morgan fingerprint density at radius 1 is 0.950 bits per heavy atom. The van der Waals surface area contributed by atoms with Gasteiger partial charge in [-0.15, -0.1) is 0 Å². The van der Waals surface area contributed by atoms with E-state index in [9.17, 15) is 0 Å². The number of nitrogens with one attached hydrogen (secondary N) is 1. The van der Waals surface area contributed by atoms with E-state index in [1.807, 2.05) is 0 Å². The summed E-state index contributed by atoms with van der Waals surface area (Å²) in [6.07, 6.45) is 9.26. The lowest BCUT2D eigenvalue weighted by molar-refractivity contribution is 0.468. The summed E-state index contributed by atoms with van der Waals surface area (Å²) in [5, 5.41) is 3.72. The number of hydrogen-bond acceptors (Lipinski definition) is 1. The van der Waals surface area contributed by atoms with Crippen molar-refractivity contribution in [3.8, 4) is 0 Å². The van der Waals surface area contributed by atoms with Crippen molar-refractivity contribution in [1.29, 1.82) is 0 Å². The molecule has 1 nitrogen and oxygen atoms in total. The summed E-state index contributed by atoms with van der Waals surface area (Å²) in [6, 6.07) is 11.5. The minimum atomic E-state index is 0.632. The Kier molecular flexibility index (Phi) is 9.40. The van der Waals surface area contributed by atoms with Crippen molar-refractivity contribution in [3.63, 3.8) is 0 Å². The molecule has 0 saturated heterocycles. The summed E-state index contributed by atoms with van der Waals surface area (Å²) >= 11 is 0. The molecule has 1 rings (SSSR count). The molecule has 0 spiro atoms. The van der Waals surface area contributed by atoms with Crippen LogP contribution in [0.3, 0.4) is 0 Å². The lowest BCUT2D eigenvalue weighted by atomic mass is 10.0. The molecule has 1 heteroatoms. The zero-order valence-electron chi connectivity index (χ0n) is 13.7. The molecule has 114 valence electrons. The van der Waals surface area contributed by atoms with Crippen LogP contribution < -0.4 is 5.32 Å². The average molecular weight is 275 g/mol. The second-order valence-electron chi connectivity index (χ2n) is 6.35. The Labute approximate surface area is 126 Å². The van der Waals surface area contributed by atoms with Crippen molar-refractivity contribution in [2.45, 2.75) is 71.8 Å². The SMILES string of the molecule is CCC(Cc1ccccc1)NCCCCCCC(C)C. The molecule has 1 N–H and O–H groups in total. The summed E-state index contributed by atoms with van der Waals surface area (Å²) in [5.74, 6) is 0.864. The average Bonchev–Trinajstić information content (AvgIpc) is 2.45. The molecule has 0 saturated carbocycles. The maximum atomic E-state index is 3.72. The minimum absolute atomic E-state index is 0.632. The molecule has 0 radical (unpaired) electrons. The first-order chi connectivity index (χ1) is 9.72. The number of rotatable bonds is 11. The lowest BCUT2D eigenvalue weighted by Gasteiger charge is -2.17. The summed E-state index contributed by atoms with van der Waals surface area (Å²) in [7, 11) is 0. The van der Waals surface area contributed by atoms with Gasteiger partial charge in [-0.25, -0.2) is 0 Å². The monoisotopic (exact) mass is 275 g/mol. The summed E-state index contributed by atoms with van der Waals surface area (Å²) < 4.78 is 0. The van der Waals surface area contributed by atoms with Gasteiger partial charge in [-0.3, -0.25) is 0 Å². The second kappa shape index (κ2) is 10.9. The molecule has 1 unspecified atom stereocenters. The quantitative estimate of drug-likeness (QED) is 0.547. The molecule has 0 aromatic heterocycles. The predicted molar refractivity (Wildman–Crippen MR) is 90.2 cm³/mol. The van der Waals surface area contributed by atoms with E-state index in [2.05, 4.69) is 56.4 Å². The third-order valence-electron chi connectivity index (χ3n) is 3.96. The molecule has 0 aliphatic carbocycles. The van der Waals surface area contributed by atoms with E-state index in [0.29, 0.717) is 6.04 Å². The molecule has 0 aliphatic heterocycles. The molecule has 0 aliphatic rings. The first kappa shape index (κ1) is 17.2. The van der Waals surface area contributed by atoms with Crippen molar-refractivity contribution in [1.82, 2.24) is 5.32 Å². The topological polar surface area (TPSA) is 12.0 Å². The first-order valence-corrected chi connectivity index (χ1v) is 8.49. The smallest absolute Gasteiger partial charge is 0.0105 e. The van der Waals surface area contributed by atoms with Gasteiger partial charge in [0.25, 0.3) is 0 Å². The van der Waals surface area contributed by atoms with Crippen LogP contribution in [-0.2, 0) is 6.42 Å². The lowest BCUT2D eigenvalue weighted by Crippen LogP contribution is -2.31. The molecule has 1 atom stereocenters. The van der Waals surface area contributed by atoms with Crippen molar-refractivity contribution in [2.24, 2.45) is 5.92 Å². The van der Waals surface area contributed by atoms with Gasteiger partial charge in [0.1, 0.15) is 0 Å². The first-order valence-electron chi connectivity index (χ1n) is 8.49. The Morgan fingerprint density at radius 2 is 1.65 bits per heavy atom. The molecular formula is C19H33N. The van der Waals surface area contributed by atoms with Gasteiger partial charge in [0.05, 0.1) is 0 Å². The van der Waals surface area contributed by atoms with E-state index in [1.165, 1.54) is 50.6 Å². The third kappa shape index (κ3) is 8.37. The number of hydrogen-bond donors (Lipinski definition) is 1. The van der Waals surface area contributed by atoms with Crippen LogP contribution in [0, 0.1) is 5.92 Å². The highest BCUT2D eigenvalue weighted by Gasteiger charge is 2.05. The van der Waals surface area contributed by atoms with E-state index in [0.717, 1.165) is 12.3 Å². The molecule has 20 heavy (non-hydrogen) atoms. The van der Waals surface area contributed by atoms with Crippen LogP contribution in [-0.4, -0.2) is 12.6 Å². The normalized spacial score (nSPS) is 12.8. The van der Waals surface area contributed by atoms with Gasteiger partial charge in [0.2, 0.25) is 0 Å². The highest BCUT2D eigenvalue weighted by Crippen LogP contribution is 2.10. The molecule has 1 aromatic carbocycles. The van der Waals surface area contributed by atoms with Crippen LogP contribution in [0.15, 0.2) is 30.3 Å². The van der Waals surface area contributed by atoms with E-state index < -0.39 is 0 Å². The summed E-state index contributed by atoms with van der Waals surface area (Å²) in [6.45, 7) is 8.09. The molecule has 1 aromatic rings. The highest BCUT2D eigenvalue weighted by atomic mass is 14.9. The predicted octanol–water partition coefficient (Wildman–Crippen LogP) is 5.20. The third-order valence-corrected chi connectivity index (χ3v) is 3.96. The van der Waals surface area contributed by atoms with Crippen LogP contribution in [0.1, 0.15) is 64.9 Å². The van der Waals surface area contributed by atoms with E-state index in [-0.39, 0.29) is 0 Å². The van der Waals surface area contributed by atoms with Gasteiger partial charge in [0.15, 0.2) is 0 Å². The number of benzene rings is 1. The van der Waals surface area contributed by atoms with Gasteiger partial charge >= 0.3 is 0 Å². The van der Waals surface area contributed by atoms with Crippen molar-refractivity contribution < 1.29 is 0 Å². The van der Waals surface area contributed by atoms with Crippen LogP contribution in [0.5, 0.6) is 0 Å². The Balaban J connectivity index is 2.07.